The summed E-state index contributed by atoms with van der Waals surface area (Å²) in [7, 11) is 0. The van der Waals surface area contributed by atoms with E-state index in [1.807, 2.05) is 49.4 Å². The first-order valence-corrected chi connectivity index (χ1v) is 9.02. The van der Waals surface area contributed by atoms with E-state index < -0.39 is 0 Å². The predicted octanol–water partition coefficient (Wildman–Crippen LogP) is 4.21. The van der Waals surface area contributed by atoms with Gasteiger partial charge in [0.25, 0.3) is 0 Å². The molecule has 1 atom stereocenters. The Kier molecular flexibility index (Phi) is 6.98. The summed E-state index contributed by atoms with van der Waals surface area (Å²) in [5.74, 6) is 0.241. The van der Waals surface area contributed by atoms with Gasteiger partial charge in [0, 0.05) is 22.8 Å². The highest BCUT2D eigenvalue weighted by Crippen LogP contribution is 2.31. The monoisotopic (exact) mass is 343 g/mol. The molecule has 1 unspecified atom stereocenters. The van der Waals surface area contributed by atoms with Gasteiger partial charge in [-0.25, -0.2) is 4.98 Å². The molecule has 1 aromatic carbocycles. The van der Waals surface area contributed by atoms with E-state index in [1.165, 1.54) is 11.8 Å². The zero-order valence-corrected chi connectivity index (χ0v) is 14.4. The molecule has 1 heterocycles. The van der Waals surface area contributed by atoms with E-state index in [9.17, 15) is 4.79 Å². The Labute approximate surface area is 144 Å². The van der Waals surface area contributed by atoms with E-state index in [-0.39, 0.29) is 11.2 Å². The third kappa shape index (κ3) is 5.97. The number of benzene rings is 1. The van der Waals surface area contributed by atoms with Gasteiger partial charge in [0.2, 0.25) is 5.91 Å². The van der Waals surface area contributed by atoms with E-state index in [0.717, 1.165) is 15.6 Å². The second kappa shape index (κ2) is 9.23. The Balaban J connectivity index is 1.94. The van der Waals surface area contributed by atoms with Crippen molar-refractivity contribution in [2.45, 2.75) is 28.5 Å². The van der Waals surface area contributed by atoms with Crippen LogP contribution in [0.25, 0.3) is 0 Å². The van der Waals surface area contributed by atoms with Gasteiger partial charge in [-0.05, 0) is 24.3 Å². The van der Waals surface area contributed by atoms with E-state index in [1.54, 1.807) is 18.0 Å². The molecule has 0 saturated carbocycles. The van der Waals surface area contributed by atoms with Crippen molar-refractivity contribution >= 4 is 35.1 Å². The molecule has 0 aliphatic heterocycles. The summed E-state index contributed by atoms with van der Waals surface area (Å²) in [5.41, 5.74) is 0.786. The van der Waals surface area contributed by atoms with Crippen LogP contribution in [-0.4, -0.2) is 21.9 Å². The smallest absolute Gasteiger partial charge is 0.234 e. The van der Waals surface area contributed by atoms with Gasteiger partial charge in [-0.3, -0.25) is 4.79 Å². The number of aromatic nitrogens is 1. The fourth-order valence-electron chi connectivity index (χ4n) is 1.82. The van der Waals surface area contributed by atoms with Crippen molar-refractivity contribution < 1.29 is 4.79 Å². The molecule has 2 rings (SSSR count). The minimum absolute atomic E-state index is 0.0679. The lowest BCUT2D eigenvalue weighted by molar-refractivity contribution is -0.113. The van der Waals surface area contributed by atoms with Crippen LogP contribution in [0.3, 0.4) is 0 Å². The van der Waals surface area contributed by atoms with E-state index in [2.05, 4.69) is 16.4 Å². The zero-order valence-electron chi connectivity index (χ0n) is 12.7. The Morgan fingerprint density at radius 1 is 1.30 bits per heavy atom. The second-order valence-electron chi connectivity index (χ2n) is 4.79. The molecule has 23 heavy (non-hydrogen) atoms. The van der Waals surface area contributed by atoms with Gasteiger partial charge in [0.1, 0.15) is 0 Å². The standard InChI is InChI=1S/C17H17N3OS2/c1-13(9-10-18)23-15-7-3-2-6-14(15)20-16(21)12-22-17-8-4-5-11-19-17/h2-8,11,13H,9,12H2,1H3,(H,20,21). The quantitative estimate of drug-likeness (QED) is 0.763. The molecule has 2 aromatic rings. The largest absolute Gasteiger partial charge is 0.324 e. The van der Waals surface area contributed by atoms with Gasteiger partial charge in [-0.1, -0.05) is 36.9 Å². The van der Waals surface area contributed by atoms with Crippen molar-refractivity contribution in [3.8, 4) is 6.07 Å². The first-order chi connectivity index (χ1) is 11.2. The summed E-state index contributed by atoms with van der Waals surface area (Å²) in [6.45, 7) is 2.00. The molecule has 0 spiro atoms. The highest BCUT2D eigenvalue weighted by atomic mass is 32.2. The number of thioether (sulfide) groups is 2. The van der Waals surface area contributed by atoms with Gasteiger partial charge >= 0.3 is 0 Å². The molecule has 0 radical (unpaired) electrons. The van der Waals surface area contributed by atoms with Crippen molar-refractivity contribution in [3.05, 3.63) is 48.7 Å². The molecule has 0 aliphatic carbocycles. The van der Waals surface area contributed by atoms with Crippen LogP contribution >= 0.6 is 23.5 Å². The zero-order chi connectivity index (χ0) is 16.5. The lowest BCUT2D eigenvalue weighted by Crippen LogP contribution is -2.15. The summed E-state index contributed by atoms with van der Waals surface area (Å²) in [6, 6.07) is 15.5. The van der Waals surface area contributed by atoms with E-state index in [4.69, 9.17) is 5.26 Å². The number of anilines is 1. The Morgan fingerprint density at radius 3 is 2.83 bits per heavy atom. The molecule has 0 fully saturated rings. The van der Waals surface area contributed by atoms with Crippen molar-refractivity contribution in [2.75, 3.05) is 11.1 Å². The number of hydrogen-bond donors (Lipinski definition) is 1. The predicted molar refractivity (Wildman–Crippen MR) is 95.6 cm³/mol. The fraction of sp³-hybridized carbons (Fsp3) is 0.235. The Bertz CT molecular complexity index is 686. The third-order valence-corrected chi connectivity index (χ3v) is 4.98. The number of nitrogens with one attached hydrogen (secondary N) is 1. The number of nitriles is 1. The van der Waals surface area contributed by atoms with Gasteiger partial charge < -0.3 is 5.32 Å². The lowest BCUT2D eigenvalue weighted by Gasteiger charge is -2.13. The third-order valence-electron chi connectivity index (χ3n) is 2.86. The van der Waals surface area contributed by atoms with E-state index in [0.29, 0.717) is 12.2 Å². The number of carbonyl (C=O) groups is 1. The normalized spacial score (nSPS) is 11.5. The van der Waals surface area contributed by atoms with Gasteiger partial charge in [0.05, 0.1) is 22.5 Å². The molecule has 0 saturated heterocycles. The SMILES string of the molecule is CC(CC#N)Sc1ccccc1NC(=O)CSc1ccccn1. The molecule has 1 aromatic heterocycles. The Hall–Kier alpha value is -1.97. The summed E-state index contributed by atoms with van der Waals surface area (Å²) in [4.78, 5) is 17.3. The number of hydrogen-bond acceptors (Lipinski definition) is 5. The van der Waals surface area contributed by atoms with Crippen molar-refractivity contribution in [1.29, 1.82) is 5.26 Å². The molecule has 1 N–H and O–H groups in total. The molecule has 0 bridgehead atoms. The molecule has 118 valence electrons. The molecular weight excluding hydrogens is 326 g/mol. The maximum atomic E-state index is 12.1. The van der Waals surface area contributed by atoms with Crippen LogP contribution in [0.5, 0.6) is 0 Å². The number of pyridine rings is 1. The topological polar surface area (TPSA) is 65.8 Å². The lowest BCUT2D eigenvalue weighted by atomic mass is 10.3. The van der Waals surface area contributed by atoms with Gasteiger partial charge in [-0.2, -0.15) is 5.26 Å². The Morgan fingerprint density at radius 2 is 2.09 bits per heavy atom. The molecule has 1 amide bonds. The summed E-state index contributed by atoms with van der Waals surface area (Å²) >= 11 is 3.00. The molecular formula is C17H17N3OS2. The van der Waals surface area contributed by atoms with Crippen LogP contribution in [0.15, 0.2) is 58.6 Å². The van der Waals surface area contributed by atoms with Gasteiger partial charge in [-0.15, -0.1) is 11.8 Å². The summed E-state index contributed by atoms with van der Waals surface area (Å²) in [6.07, 6.45) is 2.19. The van der Waals surface area contributed by atoms with Crippen LogP contribution in [0.4, 0.5) is 5.69 Å². The van der Waals surface area contributed by atoms with E-state index >= 15 is 0 Å². The maximum absolute atomic E-state index is 12.1. The average Bonchev–Trinajstić information content (AvgIpc) is 2.56. The number of carbonyl (C=O) groups excluding carboxylic acids is 1. The van der Waals surface area contributed by atoms with Gasteiger partial charge in [0.15, 0.2) is 0 Å². The summed E-state index contributed by atoms with van der Waals surface area (Å²) < 4.78 is 0. The minimum Gasteiger partial charge on any atom is -0.324 e. The molecule has 0 aliphatic rings. The first kappa shape index (κ1) is 17.4. The van der Waals surface area contributed by atoms with Crippen molar-refractivity contribution in [2.24, 2.45) is 0 Å². The number of para-hydroxylation sites is 1. The average molecular weight is 343 g/mol. The minimum atomic E-state index is -0.0679. The van der Waals surface area contributed by atoms with Crippen molar-refractivity contribution in [1.82, 2.24) is 4.98 Å². The van der Waals surface area contributed by atoms with Crippen LogP contribution < -0.4 is 5.32 Å². The highest BCUT2D eigenvalue weighted by Gasteiger charge is 2.11. The summed E-state index contributed by atoms with van der Waals surface area (Å²) in [5, 5.41) is 12.7. The van der Waals surface area contributed by atoms with Crippen molar-refractivity contribution in [3.63, 3.8) is 0 Å². The number of nitrogens with zero attached hydrogens (tertiary/aromatic N) is 2. The number of amides is 1. The maximum Gasteiger partial charge on any atom is 0.234 e. The van der Waals surface area contributed by atoms with Crippen LogP contribution in [-0.2, 0) is 4.79 Å². The highest BCUT2D eigenvalue weighted by molar-refractivity contribution is 8.00. The van der Waals surface area contributed by atoms with Crippen LogP contribution in [0, 0.1) is 11.3 Å². The van der Waals surface area contributed by atoms with Crippen LogP contribution in [0.2, 0.25) is 0 Å². The fourth-order valence-corrected chi connectivity index (χ4v) is 3.47. The second-order valence-corrected chi connectivity index (χ2v) is 7.27. The molecule has 6 heteroatoms. The molecule has 4 nitrogen and oxygen atoms in total. The number of rotatable bonds is 7. The van der Waals surface area contributed by atoms with Crippen LogP contribution in [0.1, 0.15) is 13.3 Å². The first-order valence-electron chi connectivity index (χ1n) is 7.15.